The Kier molecular flexibility index (Phi) is 3.30. The summed E-state index contributed by atoms with van der Waals surface area (Å²) in [5, 5.41) is 5.13. The number of anilines is 2. The number of aromatic nitrogens is 3. The number of hydrogen-bond acceptors (Lipinski definition) is 5. The first-order valence-corrected chi connectivity index (χ1v) is 8.98. The molecule has 0 fully saturated rings. The van der Waals surface area contributed by atoms with Gasteiger partial charge in [0.15, 0.2) is 5.75 Å². The number of para-hydroxylation sites is 1. The van der Waals surface area contributed by atoms with Gasteiger partial charge in [-0.2, -0.15) is 5.10 Å². The van der Waals surface area contributed by atoms with Crippen molar-refractivity contribution in [1.82, 2.24) is 14.8 Å². The maximum atomic E-state index is 12.8. The van der Waals surface area contributed by atoms with E-state index in [2.05, 4.69) is 4.98 Å². The lowest BCUT2D eigenvalue weighted by atomic mass is 9.98. The number of nitrogens with two attached hydrogens (primary N) is 2. The van der Waals surface area contributed by atoms with Crippen LogP contribution >= 0.6 is 0 Å². The summed E-state index contributed by atoms with van der Waals surface area (Å²) in [4.78, 5) is 15.7. The maximum Gasteiger partial charge on any atom is 0.261 e. The Morgan fingerprint density at radius 1 is 1.18 bits per heavy atom. The predicted molar refractivity (Wildman–Crippen MR) is 110 cm³/mol. The molecule has 2 aromatic heterocycles. The number of H-pyrrole nitrogens is 1. The fraction of sp³-hybridized carbons (Fsp3) is 0.143. The van der Waals surface area contributed by atoms with E-state index < -0.39 is 0 Å². The third-order valence-corrected chi connectivity index (χ3v) is 5.22. The van der Waals surface area contributed by atoms with Gasteiger partial charge in [-0.1, -0.05) is 24.3 Å². The Hall–Kier alpha value is -3.74. The van der Waals surface area contributed by atoms with Crippen molar-refractivity contribution in [2.24, 2.45) is 0 Å². The van der Waals surface area contributed by atoms with E-state index in [9.17, 15) is 4.79 Å². The molecule has 0 spiro atoms. The van der Waals surface area contributed by atoms with Crippen molar-refractivity contribution < 1.29 is 4.74 Å². The molecule has 1 aliphatic heterocycles. The highest BCUT2D eigenvalue weighted by Crippen LogP contribution is 2.43. The summed E-state index contributed by atoms with van der Waals surface area (Å²) in [5.74, 6) is 0.910. The molecule has 4 aromatic rings. The molecular weight excluding hydrogens is 354 g/mol. The number of pyridine rings is 1. The zero-order valence-corrected chi connectivity index (χ0v) is 15.5. The van der Waals surface area contributed by atoms with Crippen LogP contribution in [-0.2, 0) is 6.61 Å². The summed E-state index contributed by atoms with van der Waals surface area (Å²) >= 11 is 0. The minimum atomic E-state index is -0.279. The van der Waals surface area contributed by atoms with Crippen LogP contribution in [-0.4, -0.2) is 14.8 Å². The Balaban J connectivity index is 1.90. The number of hydrogen-bond donors (Lipinski definition) is 3. The minimum absolute atomic E-state index is 0.220. The van der Waals surface area contributed by atoms with Crippen LogP contribution in [0.2, 0.25) is 0 Å². The van der Waals surface area contributed by atoms with Gasteiger partial charge in [0.2, 0.25) is 0 Å². The van der Waals surface area contributed by atoms with Crippen LogP contribution < -0.4 is 21.8 Å². The van der Waals surface area contributed by atoms with Crippen molar-refractivity contribution in [3.8, 4) is 22.6 Å². The number of nitrogen functional groups attached to an aromatic ring is 2. The number of nitrogens with one attached hydrogen (secondary N) is 1. The van der Waals surface area contributed by atoms with E-state index in [1.54, 1.807) is 10.7 Å². The first kappa shape index (κ1) is 16.4. The van der Waals surface area contributed by atoms with Crippen LogP contribution in [0, 0.1) is 13.8 Å². The van der Waals surface area contributed by atoms with Crippen LogP contribution in [0.4, 0.5) is 11.5 Å². The van der Waals surface area contributed by atoms with Crippen LogP contribution in [0.1, 0.15) is 16.8 Å². The highest BCUT2D eigenvalue weighted by Gasteiger charge is 2.27. The van der Waals surface area contributed by atoms with Gasteiger partial charge in [-0.25, -0.2) is 4.68 Å². The Morgan fingerprint density at radius 3 is 2.82 bits per heavy atom. The molecule has 0 bridgehead atoms. The predicted octanol–water partition coefficient (Wildman–Crippen LogP) is 3.05. The Labute approximate surface area is 160 Å². The highest BCUT2D eigenvalue weighted by atomic mass is 16.5. The standard InChI is InChI=1S/C21H19N5O2/c1-10-6-7-11(2)15(8-10)26-20(23)17-18(25-26)16-12-4-3-5-13(22)19(12)28-9-14(16)24-21(17)27/h3-8H,9,22-23H2,1-2H3,(H,24,27). The molecule has 7 nitrogen and oxygen atoms in total. The molecule has 28 heavy (non-hydrogen) atoms. The van der Waals surface area contributed by atoms with E-state index in [0.717, 1.165) is 27.9 Å². The van der Waals surface area contributed by atoms with Crippen molar-refractivity contribution in [2.45, 2.75) is 20.5 Å². The molecule has 0 saturated carbocycles. The van der Waals surface area contributed by atoms with Crippen LogP contribution in [0.15, 0.2) is 41.2 Å². The molecule has 140 valence electrons. The second-order valence-electron chi connectivity index (χ2n) is 7.13. The van der Waals surface area contributed by atoms with Crippen molar-refractivity contribution in [3.05, 3.63) is 63.6 Å². The highest BCUT2D eigenvalue weighted by molar-refractivity contribution is 6.02. The van der Waals surface area contributed by atoms with E-state index >= 15 is 0 Å². The molecule has 0 amide bonds. The molecule has 5 N–H and O–H groups in total. The summed E-state index contributed by atoms with van der Waals surface area (Å²) in [7, 11) is 0. The fourth-order valence-electron chi connectivity index (χ4n) is 3.82. The fourth-order valence-corrected chi connectivity index (χ4v) is 3.82. The minimum Gasteiger partial charge on any atom is -0.485 e. The summed E-state index contributed by atoms with van der Waals surface area (Å²) in [6, 6.07) is 11.6. The normalized spacial score (nSPS) is 12.5. The van der Waals surface area contributed by atoms with Gasteiger partial charge in [-0.3, -0.25) is 4.79 Å². The summed E-state index contributed by atoms with van der Waals surface area (Å²) < 4.78 is 7.42. The average molecular weight is 373 g/mol. The maximum absolute atomic E-state index is 12.8. The molecule has 2 aromatic carbocycles. The van der Waals surface area contributed by atoms with Gasteiger partial charge in [-0.15, -0.1) is 0 Å². The van der Waals surface area contributed by atoms with Crippen LogP contribution in [0.5, 0.6) is 5.75 Å². The topological polar surface area (TPSA) is 112 Å². The quantitative estimate of drug-likeness (QED) is 0.444. The van der Waals surface area contributed by atoms with Gasteiger partial charge in [-0.05, 0) is 37.1 Å². The molecular formula is C21H19N5O2. The number of aromatic amines is 1. The first-order chi connectivity index (χ1) is 13.5. The summed E-state index contributed by atoms with van der Waals surface area (Å²) in [5.41, 5.74) is 18.5. The zero-order valence-electron chi connectivity index (χ0n) is 15.5. The molecule has 5 rings (SSSR count). The summed E-state index contributed by atoms with van der Waals surface area (Å²) in [6.45, 7) is 4.22. The smallest absolute Gasteiger partial charge is 0.261 e. The number of benzene rings is 2. The van der Waals surface area contributed by atoms with E-state index in [1.807, 2.05) is 44.2 Å². The van der Waals surface area contributed by atoms with E-state index in [0.29, 0.717) is 33.9 Å². The number of rotatable bonds is 1. The molecule has 1 aliphatic rings. The largest absolute Gasteiger partial charge is 0.485 e. The van der Waals surface area contributed by atoms with Gasteiger partial charge in [0.25, 0.3) is 5.56 Å². The molecule has 0 unspecified atom stereocenters. The Morgan fingerprint density at radius 2 is 2.00 bits per heavy atom. The lowest BCUT2D eigenvalue weighted by Crippen LogP contribution is -2.17. The second kappa shape index (κ2) is 5.63. The lowest BCUT2D eigenvalue weighted by Gasteiger charge is -2.21. The van der Waals surface area contributed by atoms with Crippen LogP contribution in [0.3, 0.4) is 0 Å². The number of nitrogens with zero attached hydrogens (tertiary/aromatic N) is 2. The zero-order chi connectivity index (χ0) is 19.6. The molecule has 0 aliphatic carbocycles. The third kappa shape index (κ3) is 2.16. The van der Waals surface area contributed by atoms with Crippen molar-refractivity contribution in [1.29, 1.82) is 0 Å². The van der Waals surface area contributed by atoms with Gasteiger partial charge >= 0.3 is 0 Å². The molecule has 0 radical (unpaired) electrons. The van der Waals surface area contributed by atoms with Crippen molar-refractivity contribution >= 4 is 22.4 Å². The second-order valence-corrected chi connectivity index (χ2v) is 7.13. The van der Waals surface area contributed by atoms with Gasteiger partial charge in [0, 0.05) is 11.1 Å². The SMILES string of the molecule is Cc1ccc(C)c(-n2nc3c4c([nH]c(=O)c3c2N)COc2c(N)cccc2-4)c1. The number of ether oxygens (including phenoxy) is 1. The molecule has 3 heterocycles. The van der Waals surface area contributed by atoms with Crippen LogP contribution in [0.25, 0.3) is 27.7 Å². The summed E-state index contributed by atoms with van der Waals surface area (Å²) in [6.07, 6.45) is 0. The Bertz CT molecular complexity index is 1330. The average Bonchev–Trinajstić information content (AvgIpc) is 3.01. The van der Waals surface area contributed by atoms with Crippen molar-refractivity contribution in [3.63, 3.8) is 0 Å². The van der Waals surface area contributed by atoms with Gasteiger partial charge < -0.3 is 21.2 Å². The molecule has 0 saturated heterocycles. The lowest BCUT2D eigenvalue weighted by molar-refractivity contribution is 0.299. The van der Waals surface area contributed by atoms with Crippen molar-refractivity contribution in [2.75, 3.05) is 11.5 Å². The first-order valence-electron chi connectivity index (χ1n) is 8.98. The van der Waals surface area contributed by atoms with E-state index in [1.165, 1.54) is 0 Å². The van der Waals surface area contributed by atoms with E-state index in [4.69, 9.17) is 21.3 Å². The van der Waals surface area contributed by atoms with Gasteiger partial charge in [0.05, 0.1) is 17.1 Å². The molecule has 0 atom stereocenters. The van der Waals surface area contributed by atoms with E-state index in [-0.39, 0.29) is 12.2 Å². The monoisotopic (exact) mass is 373 g/mol. The number of aryl methyl sites for hydroxylation is 2. The van der Waals surface area contributed by atoms with Gasteiger partial charge in [0.1, 0.15) is 23.3 Å². The third-order valence-electron chi connectivity index (χ3n) is 5.22. The number of fused-ring (bicyclic) bond motifs is 5. The molecule has 7 heteroatoms.